The lowest BCUT2D eigenvalue weighted by atomic mass is 10.1. The van der Waals surface area contributed by atoms with Crippen LogP contribution in [0.25, 0.3) is 11.5 Å². The zero-order valence-electron chi connectivity index (χ0n) is 18.1. The van der Waals surface area contributed by atoms with E-state index in [1.54, 1.807) is 12.0 Å². The van der Waals surface area contributed by atoms with Gasteiger partial charge in [0, 0.05) is 24.4 Å². The Hall–Kier alpha value is -3.35. The number of carbonyl (C=O) groups is 1. The van der Waals surface area contributed by atoms with Crippen molar-refractivity contribution in [2.75, 3.05) is 25.2 Å². The second-order valence-electron chi connectivity index (χ2n) is 7.76. The number of hydrogen-bond donors (Lipinski definition) is 0. The van der Waals surface area contributed by atoms with E-state index in [2.05, 4.69) is 17.1 Å². The topological polar surface area (TPSA) is 77.7 Å². The minimum absolute atomic E-state index is 0.0221. The zero-order valence-corrected chi connectivity index (χ0v) is 18.1. The molecule has 3 aromatic rings. The molecule has 1 aromatic heterocycles. The van der Waals surface area contributed by atoms with Gasteiger partial charge in [-0.15, -0.1) is 0 Å². The summed E-state index contributed by atoms with van der Waals surface area (Å²) in [5.74, 6) is 2.37. The summed E-state index contributed by atoms with van der Waals surface area (Å²) >= 11 is 0. The number of unbranched alkanes of at least 4 members (excludes halogenated alkanes) is 1. The summed E-state index contributed by atoms with van der Waals surface area (Å²) in [7, 11) is 1.61. The van der Waals surface area contributed by atoms with Crippen molar-refractivity contribution in [3.05, 3.63) is 53.9 Å². The summed E-state index contributed by atoms with van der Waals surface area (Å²) < 4.78 is 16.6. The number of ether oxygens (including phenoxy) is 2. The molecule has 1 unspecified atom stereocenters. The summed E-state index contributed by atoms with van der Waals surface area (Å²) in [6.45, 7) is 5.32. The molecule has 31 heavy (non-hydrogen) atoms. The molecule has 2 aromatic carbocycles. The van der Waals surface area contributed by atoms with Gasteiger partial charge in [0.25, 0.3) is 5.89 Å². The largest absolute Gasteiger partial charge is 0.495 e. The van der Waals surface area contributed by atoms with Crippen LogP contribution in [0.15, 0.2) is 47.0 Å². The van der Waals surface area contributed by atoms with Crippen molar-refractivity contribution in [2.45, 2.75) is 39.0 Å². The van der Waals surface area contributed by atoms with Crippen molar-refractivity contribution in [1.82, 2.24) is 10.1 Å². The molecule has 7 heteroatoms. The fourth-order valence-electron chi connectivity index (χ4n) is 3.67. The quantitative estimate of drug-likeness (QED) is 0.488. The maximum Gasteiger partial charge on any atom is 0.257 e. The van der Waals surface area contributed by atoms with Crippen LogP contribution in [0.4, 0.5) is 5.69 Å². The fraction of sp³-hybridized carbons (Fsp3) is 0.375. The lowest BCUT2D eigenvalue weighted by molar-refractivity contribution is -0.117. The molecule has 4 rings (SSSR count). The minimum Gasteiger partial charge on any atom is -0.495 e. The van der Waals surface area contributed by atoms with Gasteiger partial charge in [0.15, 0.2) is 5.82 Å². The molecule has 0 aliphatic carbocycles. The number of rotatable bonds is 8. The standard InChI is InChI=1S/C24H27N3O4/c1-4-5-12-30-19-9-7-17(8-10-19)24-25-23(26-31-24)18-14-22(28)27(15-18)20-13-16(2)6-11-21(20)29-3/h6-11,13,18H,4-5,12,14-15H2,1-3H3. The van der Waals surface area contributed by atoms with Gasteiger partial charge in [0.2, 0.25) is 5.91 Å². The maximum atomic E-state index is 12.7. The zero-order chi connectivity index (χ0) is 21.8. The highest BCUT2D eigenvalue weighted by molar-refractivity contribution is 5.97. The first-order valence-electron chi connectivity index (χ1n) is 10.6. The number of amides is 1. The van der Waals surface area contributed by atoms with Crippen LogP contribution >= 0.6 is 0 Å². The average Bonchev–Trinajstić information content (AvgIpc) is 3.41. The van der Waals surface area contributed by atoms with E-state index in [4.69, 9.17) is 14.0 Å². The van der Waals surface area contributed by atoms with Crippen LogP contribution in [0.2, 0.25) is 0 Å². The van der Waals surface area contributed by atoms with Crippen LogP contribution in [0.3, 0.4) is 0 Å². The smallest absolute Gasteiger partial charge is 0.257 e. The van der Waals surface area contributed by atoms with Crippen molar-refractivity contribution in [3.8, 4) is 23.0 Å². The predicted octanol–water partition coefficient (Wildman–Crippen LogP) is 4.75. The number of anilines is 1. The lowest BCUT2D eigenvalue weighted by Gasteiger charge is -2.19. The Labute approximate surface area is 182 Å². The number of aromatic nitrogens is 2. The Morgan fingerprint density at radius 2 is 2.00 bits per heavy atom. The van der Waals surface area contributed by atoms with E-state index in [0.717, 1.165) is 35.4 Å². The van der Waals surface area contributed by atoms with Gasteiger partial charge in [-0.2, -0.15) is 4.98 Å². The molecule has 1 aliphatic rings. The van der Waals surface area contributed by atoms with E-state index >= 15 is 0 Å². The van der Waals surface area contributed by atoms with Crippen molar-refractivity contribution >= 4 is 11.6 Å². The molecule has 0 radical (unpaired) electrons. The highest BCUT2D eigenvalue weighted by atomic mass is 16.5. The number of aryl methyl sites for hydroxylation is 1. The Kier molecular flexibility index (Phi) is 6.21. The number of hydrogen-bond acceptors (Lipinski definition) is 6. The first-order valence-corrected chi connectivity index (χ1v) is 10.6. The van der Waals surface area contributed by atoms with Crippen molar-refractivity contribution in [1.29, 1.82) is 0 Å². The molecule has 1 saturated heterocycles. The third-order valence-corrected chi connectivity index (χ3v) is 5.42. The molecule has 1 amide bonds. The Bertz CT molecular complexity index is 1050. The van der Waals surface area contributed by atoms with Gasteiger partial charge in [0.05, 0.1) is 19.4 Å². The first-order chi connectivity index (χ1) is 15.1. The summed E-state index contributed by atoms with van der Waals surface area (Å²) in [6.07, 6.45) is 2.46. The van der Waals surface area contributed by atoms with Crippen LogP contribution in [0.1, 0.15) is 43.5 Å². The molecule has 0 saturated carbocycles. The second-order valence-corrected chi connectivity index (χ2v) is 7.76. The van der Waals surface area contributed by atoms with E-state index < -0.39 is 0 Å². The van der Waals surface area contributed by atoms with E-state index in [9.17, 15) is 4.79 Å². The molecule has 162 valence electrons. The summed E-state index contributed by atoms with van der Waals surface area (Å²) in [6, 6.07) is 13.4. The average molecular weight is 421 g/mol. The molecule has 7 nitrogen and oxygen atoms in total. The Morgan fingerprint density at radius 3 is 2.74 bits per heavy atom. The molecular formula is C24H27N3O4. The monoisotopic (exact) mass is 421 g/mol. The lowest BCUT2D eigenvalue weighted by Crippen LogP contribution is -2.25. The normalized spacial score (nSPS) is 16.0. The van der Waals surface area contributed by atoms with Crippen LogP contribution in [-0.2, 0) is 4.79 Å². The SMILES string of the molecule is CCCCOc1ccc(-c2nc(C3CC(=O)N(c4cc(C)ccc4OC)C3)no2)cc1. The van der Waals surface area contributed by atoms with Gasteiger partial charge in [-0.25, -0.2) is 0 Å². The summed E-state index contributed by atoms with van der Waals surface area (Å²) in [4.78, 5) is 19.0. The third kappa shape index (κ3) is 4.55. The fourth-order valence-corrected chi connectivity index (χ4v) is 3.67. The molecule has 2 heterocycles. The second kappa shape index (κ2) is 9.20. The molecule has 1 fully saturated rings. The number of carbonyl (C=O) groups excluding carboxylic acids is 1. The highest BCUT2D eigenvalue weighted by Gasteiger charge is 2.36. The minimum atomic E-state index is -0.133. The molecule has 0 spiro atoms. The summed E-state index contributed by atoms with van der Waals surface area (Å²) in [5.41, 5.74) is 2.66. The van der Waals surface area contributed by atoms with Gasteiger partial charge < -0.3 is 18.9 Å². The highest BCUT2D eigenvalue weighted by Crippen LogP contribution is 2.36. The number of nitrogens with zero attached hydrogens (tertiary/aromatic N) is 3. The first kappa shape index (κ1) is 20.9. The Morgan fingerprint density at radius 1 is 1.19 bits per heavy atom. The molecule has 1 atom stereocenters. The van der Waals surface area contributed by atoms with E-state index in [0.29, 0.717) is 37.0 Å². The van der Waals surface area contributed by atoms with Crippen molar-refractivity contribution in [3.63, 3.8) is 0 Å². The van der Waals surface area contributed by atoms with Gasteiger partial charge in [0.1, 0.15) is 11.5 Å². The molecular weight excluding hydrogens is 394 g/mol. The van der Waals surface area contributed by atoms with Crippen LogP contribution in [0, 0.1) is 6.92 Å². The van der Waals surface area contributed by atoms with Gasteiger partial charge >= 0.3 is 0 Å². The van der Waals surface area contributed by atoms with Crippen LogP contribution in [0.5, 0.6) is 11.5 Å². The van der Waals surface area contributed by atoms with Gasteiger partial charge in [-0.3, -0.25) is 4.79 Å². The van der Waals surface area contributed by atoms with E-state index in [1.165, 1.54) is 0 Å². The van der Waals surface area contributed by atoms with Gasteiger partial charge in [-0.1, -0.05) is 24.6 Å². The third-order valence-electron chi connectivity index (χ3n) is 5.42. The molecule has 0 bridgehead atoms. The van der Waals surface area contributed by atoms with Crippen LogP contribution in [-0.4, -0.2) is 36.3 Å². The van der Waals surface area contributed by atoms with Crippen molar-refractivity contribution < 1.29 is 18.8 Å². The van der Waals surface area contributed by atoms with E-state index in [-0.39, 0.29) is 11.8 Å². The maximum absolute atomic E-state index is 12.7. The van der Waals surface area contributed by atoms with Crippen LogP contribution < -0.4 is 14.4 Å². The number of benzene rings is 2. The Balaban J connectivity index is 1.47. The predicted molar refractivity (Wildman–Crippen MR) is 118 cm³/mol. The summed E-state index contributed by atoms with van der Waals surface area (Å²) in [5, 5.41) is 4.15. The molecule has 0 N–H and O–H groups in total. The molecule has 1 aliphatic heterocycles. The number of methoxy groups -OCH3 is 1. The van der Waals surface area contributed by atoms with E-state index in [1.807, 2.05) is 49.4 Å². The van der Waals surface area contributed by atoms with Gasteiger partial charge in [-0.05, 0) is 55.3 Å². The van der Waals surface area contributed by atoms with Crippen molar-refractivity contribution in [2.24, 2.45) is 0 Å².